The second-order valence-electron chi connectivity index (χ2n) is 4.10. The molecule has 2 rings (SSSR count). The van der Waals surface area contributed by atoms with E-state index in [0.29, 0.717) is 17.2 Å². The fourth-order valence-corrected chi connectivity index (χ4v) is 1.52. The van der Waals surface area contributed by atoms with E-state index in [0.717, 1.165) is 5.56 Å². The number of nitrogens with zero attached hydrogens (tertiary/aromatic N) is 3. The molecule has 0 spiro atoms. The number of hydrogen-bond donors (Lipinski definition) is 2. The zero-order valence-corrected chi connectivity index (χ0v) is 11.9. The van der Waals surface area contributed by atoms with Crippen LogP contribution in [0.5, 0.6) is 11.5 Å². The molecular formula is C13H15N5O3. The first kappa shape index (κ1) is 14.5. The van der Waals surface area contributed by atoms with Crippen LogP contribution in [0.25, 0.3) is 0 Å². The molecule has 1 heterocycles. The number of benzene rings is 1. The van der Waals surface area contributed by atoms with E-state index in [4.69, 9.17) is 9.47 Å². The molecule has 21 heavy (non-hydrogen) atoms. The standard InChI is InChI=1S/C13H15N5O3/c1-8-12(19)15-13(18-16-8)17-14-7-9-4-10(20-2)6-11(5-9)21-3/h4-7H,1-3H3,(H2,15,17,18,19)/b14-7+. The summed E-state index contributed by atoms with van der Waals surface area (Å²) < 4.78 is 10.3. The molecule has 0 atom stereocenters. The Morgan fingerprint density at radius 2 is 1.86 bits per heavy atom. The Bertz CT molecular complexity index is 689. The Morgan fingerprint density at radius 3 is 2.43 bits per heavy atom. The fourth-order valence-electron chi connectivity index (χ4n) is 1.52. The SMILES string of the molecule is COc1cc(/C=N/Nc2nnc(C)c(=O)[nH]2)cc(OC)c1. The Balaban J connectivity index is 2.13. The minimum Gasteiger partial charge on any atom is -0.497 e. The lowest BCUT2D eigenvalue weighted by molar-refractivity contribution is 0.394. The van der Waals surface area contributed by atoms with Crippen molar-refractivity contribution in [1.82, 2.24) is 15.2 Å². The molecule has 2 N–H and O–H groups in total. The second-order valence-corrected chi connectivity index (χ2v) is 4.10. The van der Waals surface area contributed by atoms with Crippen LogP contribution in [0, 0.1) is 6.92 Å². The third kappa shape index (κ3) is 3.78. The van der Waals surface area contributed by atoms with Gasteiger partial charge in [0.15, 0.2) is 0 Å². The van der Waals surface area contributed by atoms with Gasteiger partial charge >= 0.3 is 0 Å². The van der Waals surface area contributed by atoms with Gasteiger partial charge in [-0.15, -0.1) is 10.2 Å². The molecule has 1 aromatic carbocycles. The van der Waals surface area contributed by atoms with Crippen molar-refractivity contribution in [2.24, 2.45) is 5.10 Å². The van der Waals surface area contributed by atoms with Crippen molar-refractivity contribution in [1.29, 1.82) is 0 Å². The van der Waals surface area contributed by atoms with Gasteiger partial charge in [-0.05, 0) is 19.1 Å². The van der Waals surface area contributed by atoms with Crippen LogP contribution < -0.4 is 20.5 Å². The molecule has 8 nitrogen and oxygen atoms in total. The lowest BCUT2D eigenvalue weighted by atomic mass is 10.2. The number of anilines is 1. The highest BCUT2D eigenvalue weighted by Gasteiger charge is 2.00. The topological polar surface area (TPSA) is 101 Å². The van der Waals surface area contributed by atoms with E-state index in [1.165, 1.54) is 0 Å². The third-order valence-corrected chi connectivity index (χ3v) is 2.62. The smallest absolute Gasteiger partial charge is 0.274 e. The van der Waals surface area contributed by atoms with Crippen LogP contribution in [0.1, 0.15) is 11.3 Å². The Morgan fingerprint density at radius 1 is 1.19 bits per heavy atom. The molecule has 0 saturated carbocycles. The second kappa shape index (κ2) is 6.51. The summed E-state index contributed by atoms with van der Waals surface area (Å²) in [5.74, 6) is 1.47. The van der Waals surface area contributed by atoms with Gasteiger partial charge in [0.05, 0.1) is 20.4 Å². The molecule has 0 aliphatic carbocycles. The number of aromatic nitrogens is 3. The quantitative estimate of drug-likeness (QED) is 0.627. The monoisotopic (exact) mass is 289 g/mol. The van der Waals surface area contributed by atoms with E-state index < -0.39 is 0 Å². The minimum atomic E-state index is -0.314. The summed E-state index contributed by atoms with van der Waals surface area (Å²) in [4.78, 5) is 13.9. The van der Waals surface area contributed by atoms with E-state index in [-0.39, 0.29) is 11.5 Å². The lowest BCUT2D eigenvalue weighted by Gasteiger charge is -2.05. The number of aromatic amines is 1. The Kier molecular flexibility index (Phi) is 4.50. The number of nitrogens with one attached hydrogen (secondary N) is 2. The lowest BCUT2D eigenvalue weighted by Crippen LogP contribution is -2.15. The molecule has 0 unspecified atom stereocenters. The number of methoxy groups -OCH3 is 2. The first-order valence-corrected chi connectivity index (χ1v) is 6.08. The van der Waals surface area contributed by atoms with Crippen molar-refractivity contribution < 1.29 is 9.47 Å². The first-order chi connectivity index (χ1) is 10.1. The molecule has 110 valence electrons. The molecule has 0 fully saturated rings. The van der Waals surface area contributed by atoms with Gasteiger partial charge in [0.25, 0.3) is 5.56 Å². The molecule has 8 heteroatoms. The van der Waals surface area contributed by atoms with Gasteiger partial charge in [0, 0.05) is 11.6 Å². The zero-order chi connectivity index (χ0) is 15.2. The molecular weight excluding hydrogens is 274 g/mol. The minimum absolute atomic E-state index is 0.164. The largest absolute Gasteiger partial charge is 0.497 e. The van der Waals surface area contributed by atoms with E-state index in [2.05, 4.69) is 25.7 Å². The predicted octanol–water partition coefficient (Wildman–Crippen LogP) is 0.937. The molecule has 0 aliphatic rings. The zero-order valence-electron chi connectivity index (χ0n) is 11.9. The average molecular weight is 289 g/mol. The van der Waals surface area contributed by atoms with Crippen LogP contribution in [0.15, 0.2) is 28.1 Å². The van der Waals surface area contributed by atoms with Gasteiger partial charge in [-0.2, -0.15) is 5.10 Å². The predicted molar refractivity (Wildman–Crippen MR) is 78.2 cm³/mol. The fraction of sp³-hybridized carbons (Fsp3) is 0.231. The van der Waals surface area contributed by atoms with E-state index in [9.17, 15) is 4.79 Å². The summed E-state index contributed by atoms with van der Waals surface area (Å²) in [6.07, 6.45) is 1.55. The van der Waals surface area contributed by atoms with Crippen LogP contribution >= 0.6 is 0 Å². The van der Waals surface area contributed by atoms with Crippen molar-refractivity contribution in [3.63, 3.8) is 0 Å². The van der Waals surface area contributed by atoms with Crippen molar-refractivity contribution in [3.8, 4) is 11.5 Å². The third-order valence-electron chi connectivity index (χ3n) is 2.62. The highest BCUT2D eigenvalue weighted by Crippen LogP contribution is 2.21. The summed E-state index contributed by atoms with van der Waals surface area (Å²) in [6.45, 7) is 1.57. The van der Waals surface area contributed by atoms with Gasteiger partial charge in [-0.3, -0.25) is 9.78 Å². The van der Waals surface area contributed by atoms with Crippen molar-refractivity contribution in [2.45, 2.75) is 6.92 Å². The maximum absolute atomic E-state index is 11.4. The van der Waals surface area contributed by atoms with Gasteiger partial charge in [-0.1, -0.05) is 0 Å². The summed E-state index contributed by atoms with van der Waals surface area (Å²) in [5.41, 5.74) is 3.34. The van der Waals surface area contributed by atoms with Gasteiger partial charge in [0.1, 0.15) is 17.2 Å². The van der Waals surface area contributed by atoms with Crippen LogP contribution in [-0.2, 0) is 0 Å². The maximum Gasteiger partial charge on any atom is 0.274 e. The summed E-state index contributed by atoms with van der Waals surface area (Å²) in [5, 5.41) is 11.4. The summed E-state index contributed by atoms with van der Waals surface area (Å²) in [6, 6.07) is 5.34. The molecule has 0 radical (unpaired) electrons. The number of aryl methyl sites for hydroxylation is 1. The summed E-state index contributed by atoms with van der Waals surface area (Å²) in [7, 11) is 3.14. The van der Waals surface area contributed by atoms with Crippen LogP contribution in [0.3, 0.4) is 0 Å². The number of hydrogen-bond acceptors (Lipinski definition) is 7. The molecule has 2 aromatic rings. The normalized spacial score (nSPS) is 10.6. The number of ether oxygens (including phenoxy) is 2. The van der Waals surface area contributed by atoms with E-state index in [1.807, 2.05) is 0 Å². The van der Waals surface area contributed by atoms with Crippen molar-refractivity contribution >= 4 is 12.2 Å². The van der Waals surface area contributed by atoms with Gasteiger partial charge in [0.2, 0.25) is 5.95 Å². The average Bonchev–Trinajstić information content (AvgIpc) is 2.50. The van der Waals surface area contributed by atoms with Crippen LogP contribution in [-0.4, -0.2) is 35.6 Å². The van der Waals surface area contributed by atoms with Crippen LogP contribution in [0.4, 0.5) is 5.95 Å². The van der Waals surface area contributed by atoms with E-state index in [1.54, 1.807) is 45.6 Å². The molecule has 1 aromatic heterocycles. The molecule has 0 bridgehead atoms. The summed E-state index contributed by atoms with van der Waals surface area (Å²) >= 11 is 0. The highest BCUT2D eigenvalue weighted by molar-refractivity contribution is 5.81. The molecule has 0 aliphatic heterocycles. The van der Waals surface area contributed by atoms with Crippen molar-refractivity contribution in [3.05, 3.63) is 39.8 Å². The van der Waals surface area contributed by atoms with E-state index >= 15 is 0 Å². The highest BCUT2D eigenvalue weighted by atomic mass is 16.5. The van der Waals surface area contributed by atoms with Crippen molar-refractivity contribution in [2.75, 3.05) is 19.6 Å². The number of hydrazone groups is 1. The molecule has 0 amide bonds. The van der Waals surface area contributed by atoms with Crippen LogP contribution in [0.2, 0.25) is 0 Å². The Hall–Kier alpha value is -2.90. The van der Waals surface area contributed by atoms with Gasteiger partial charge < -0.3 is 9.47 Å². The number of H-pyrrole nitrogens is 1. The number of rotatable bonds is 5. The van der Waals surface area contributed by atoms with Gasteiger partial charge in [-0.25, -0.2) is 5.43 Å². The molecule has 0 saturated heterocycles. The maximum atomic E-state index is 11.4. The Labute approximate surface area is 120 Å². The first-order valence-electron chi connectivity index (χ1n) is 6.08.